The summed E-state index contributed by atoms with van der Waals surface area (Å²) in [5, 5.41) is 8.75. The fourth-order valence-corrected chi connectivity index (χ4v) is 1.90. The van der Waals surface area contributed by atoms with Crippen LogP contribution < -0.4 is 4.74 Å². The van der Waals surface area contributed by atoms with Gasteiger partial charge in [-0.2, -0.15) is 5.26 Å². The van der Waals surface area contributed by atoms with Crippen LogP contribution in [0.1, 0.15) is 25.0 Å². The van der Waals surface area contributed by atoms with Crippen molar-refractivity contribution in [1.82, 2.24) is 0 Å². The highest BCUT2D eigenvalue weighted by Crippen LogP contribution is 2.32. The fourth-order valence-electron chi connectivity index (χ4n) is 1.90. The van der Waals surface area contributed by atoms with Crippen molar-refractivity contribution >= 4 is 11.4 Å². The van der Waals surface area contributed by atoms with Crippen molar-refractivity contribution in [2.75, 3.05) is 6.61 Å². The highest BCUT2D eigenvalue weighted by atomic mass is 19.1. The Bertz CT molecular complexity index is 700. The van der Waals surface area contributed by atoms with E-state index in [1.165, 1.54) is 12.1 Å². The molecule has 0 amide bonds. The third-order valence-electron chi connectivity index (χ3n) is 2.89. The molecule has 0 radical (unpaired) electrons. The second-order valence-electron chi connectivity index (χ2n) is 4.15. The Morgan fingerprint density at radius 2 is 1.86 bits per heavy atom. The van der Waals surface area contributed by atoms with Crippen LogP contribution in [-0.4, -0.2) is 12.3 Å². The molecule has 0 unspecified atom stereocenters. The number of aliphatic imine (C=N–C) groups is 1. The highest BCUT2D eigenvalue weighted by molar-refractivity contribution is 6.04. The van der Waals surface area contributed by atoms with Gasteiger partial charge in [-0.15, -0.1) is 0 Å². The summed E-state index contributed by atoms with van der Waals surface area (Å²) in [5.74, 6) is 0.119. The van der Waals surface area contributed by atoms with Crippen LogP contribution in [0.15, 0.2) is 47.5 Å². The average molecular weight is 282 g/mol. The molecule has 0 fully saturated rings. The lowest BCUT2D eigenvalue weighted by atomic mass is 10.1. The molecule has 0 N–H and O–H groups in total. The summed E-state index contributed by atoms with van der Waals surface area (Å²) in [5.41, 5.74) is 2.88. The van der Waals surface area contributed by atoms with E-state index in [1.54, 1.807) is 18.2 Å². The van der Waals surface area contributed by atoms with Gasteiger partial charge in [0.15, 0.2) is 0 Å². The molecule has 0 aromatic heterocycles. The van der Waals surface area contributed by atoms with Gasteiger partial charge in [-0.05, 0) is 29.8 Å². The molecule has 3 rings (SSSR count). The zero-order valence-corrected chi connectivity index (χ0v) is 11.9. The summed E-state index contributed by atoms with van der Waals surface area (Å²) in [6.45, 7) is 4.29. The predicted octanol–water partition coefficient (Wildman–Crippen LogP) is 4.24. The van der Waals surface area contributed by atoms with Crippen molar-refractivity contribution in [3.63, 3.8) is 0 Å². The van der Waals surface area contributed by atoms with E-state index >= 15 is 0 Å². The van der Waals surface area contributed by atoms with Crippen LogP contribution in [0.3, 0.4) is 0 Å². The molecule has 4 heteroatoms. The Morgan fingerprint density at radius 1 is 1.14 bits per heavy atom. The Labute approximate surface area is 123 Å². The van der Waals surface area contributed by atoms with E-state index < -0.39 is 0 Å². The van der Waals surface area contributed by atoms with Gasteiger partial charge in [0, 0.05) is 6.07 Å². The van der Waals surface area contributed by atoms with Crippen molar-refractivity contribution in [1.29, 1.82) is 5.26 Å². The van der Waals surface area contributed by atoms with E-state index in [1.807, 2.05) is 26.0 Å². The fraction of sp³-hybridized carbons (Fsp3) is 0.176. The van der Waals surface area contributed by atoms with Gasteiger partial charge in [0.05, 0.1) is 17.3 Å². The van der Waals surface area contributed by atoms with Gasteiger partial charge in [-0.3, -0.25) is 0 Å². The normalized spacial score (nSPS) is 12.0. The zero-order chi connectivity index (χ0) is 15.2. The number of benzene rings is 2. The van der Waals surface area contributed by atoms with Crippen LogP contribution in [0, 0.1) is 17.1 Å². The van der Waals surface area contributed by atoms with Gasteiger partial charge >= 0.3 is 0 Å². The minimum Gasteiger partial charge on any atom is -0.485 e. The summed E-state index contributed by atoms with van der Waals surface area (Å²) in [4.78, 5) is 4.45. The van der Waals surface area contributed by atoms with Gasteiger partial charge in [-0.25, -0.2) is 9.38 Å². The summed E-state index contributed by atoms with van der Waals surface area (Å²) in [7, 11) is 0. The minimum absolute atomic E-state index is 0.294. The van der Waals surface area contributed by atoms with Crippen molar-refractivity contribution in [2.24, 2.45) is 4.99 Å². The molecule has 106 valence electrons. The van der Waals surface area contributed by atoms with Crippen LogP contribution in [0.2, 0.25) is 0 Å². The van der Waals surface area contributed by atoms with Gasteiger partial charge in [-0.1, -0.05) is 26.0 Å². The molecule has 0 atom stereocenters. The van der Waals surface area contributed by atoms with Crippen LogP contribution in [0.4, 0.5) is 10.1 Å². The van der Waals surface area contributed by atoms with Crippen molar-refractivity contribution in [3.8, 4) is 11.8 Å². The molecule has 0 saturated heterocycles. The summed E-state index contributed by atoms with van der Waals surface area (Å²) >= 11 is 0. The predicted molar refractivity (Wildman–Crippen MR) is 80.6 cm³/mol. The molecule has 2 aromatic carbocycles. The maximum Gasteiger partial charge on any atom is 0.148 e. The molecule has 0 bridgehead atoms. The molecule has 1 heterocycles. The summed E-state index contributed by atoms with van der Waals surface area (Å²) < 4.78 is 18.5. The maximum absolute atomic E-state index is 13.0. The number of rotatable bonds is 1. The highest BCUT2D eigenvalue weighted by Gasteiger charge is 2.15. The lowest BCUT2D eigenvalue weighted by Gasteiger charge is -2.17. The van der Waals surface area contributed by atoms with Crippen LogP contribution >= 0.6 is 0 Å². The number of ether oxygens (including phenoxy) is 1. The quantitative estimate of drug-likeness (QED) is 0.785. The zero-order valence-electron chi connectivity index (χ0n) is 11.9. The van der Waals surface area contributed by atoms with Crippen LogP contribution in [-0.2, 0) is 0 Å². The number of halogens is 1. The smallest absolute Gasteiger partial charge is 0.148 e. The lowest BCUT2D eigenvalue weighted by Crippen LogP contribution is -2.16. The average Bonchev–Trinajstić information content (AvgIpc) is 2.56. The second-order valence-corrected chi connectivity index (χ2v) is 4.15. The number of hydrogen-bond donors (Lipinski definition) is 0. The molecule has 1 aliphatic rings. The first kappa shape index (κ1) is 14.7. The number of fused-ring (bicyclic) bond motifs is 1. The molecule has 0 aliphatic carbocycles. The Balaban J connectivity index is 0.000000774. The molecule has 21 heavy (non-hydrogen) atoms. The third kappa shape index (κ3) is 3.26. The topological polar surface area (TPSA) is 45.4 Å². The first-order valence-electron chi connectivity index (χ1n) is 6.77. The molecular weight excluding hydrogens is 267 g/mol. The molecular formula is C17H15FN2O. The number of nitrogens with zero attached hydrogens (tertiary/aromatic N) is 2. The maximum atomic E-state index is 13.0. The number of hydrogen-bond acceptors (Lipinski definition) is 3. The van der Waals surface area contributed by atoms with Gasteiger partial charge in [0.1, 0.15) is 23.9 Å². The standard InChI is InChI=1S/C15H9FN2O.C2H6/c16-12-5-6-13-15(7-12)19-9-14(18-13)11-3-1-10(8-17)2-4-11;1-2/h1-7H,9H2;1-2H3. The van der Waals surface area contributed by atoms with E-state index in [2.05, 4.69) is 11.1 Å². The first-order chi connectivity index (χ1) is 10.3. The molecule has 1 aliphatic heterocycles. The van der Waals surface area contributed by atoms with Crippen LogP contribution in [0.5, 0.6) is 5.75 Å². The lowest BCUT2D eigenvalue weighted by molar-refractivity contribution is 0.370. The van der Waals surface area contributed by atoms with E-state index in [4.69, 9.17) is 10.00 Å². The SMILES string of the molecule is CC.N#Cc1ccc(C2=Nc3ccc(F)cc3OC2)cc1. The monoisotopic (exact) mass is 282 g/mol. The molecule has 0 spiro atoms. The van der Waals surface area contributed by atoms with Crippen LogP contribution in [0.25, 0.3) is 0 Å². The first-order valence-corrected chi connectivity index (χ1v) is 6.77. The van der Waals surface area contributed by atoms with Crippen molar-refractivity contribution in [3.05, 3.63) is 59.4 Å². The van der Waals surface area contributed by atoms with E-state index in [0.29, 0.717) is 23.6 Å². The summed E-state index contributed by atoms with van der Waals surface area (Å²) in [6, 6.07) is 13.5. The van der Waals surface area contributed by atoms with Crippen molar-refractivity contribution < 1.29 is 9.13 Å². The number of nitriles is 1. The summed E-state index contributed by atoms with van der Waals surface area (Å²) in [6.07, 6.45) is 0. The minimum atomic E-state index is -0.337. The van der Waals surface area contributed by atoms with E-state index in [9.17, 15) is 4.39 Å². The molecule has 2 aromatic rings. The Hall–Kier alpha value is -2.67. The van der Waals surface area contributed by atoms with E-state index in [0.717, 1.165) is 11.3 Å². The second kappa shape index (κ2) is 6.67. The van der Waals surface area contributed by atoms with Gasteiger partial charge < -0.3 is 4.74 Å². The van der Waals surface area contributed by atoms with Crippen molar-refractivity contribution in [2.45, 2.75) is 13.8 Å². The molecule has 0 saturated carbocycles. The van der Waals surface area contributed by atoms with Gasteiger partial charge in [0.2, 0.25) is 0 Å². The molecule has 3 nitrogen and oxygen atoms in total. The largest absolute Gasteiger partial charge is 0.485 e. The Kier molecular flexibility index (Phi) is 4.68. The third-order valence-corrected chi connectivity index (χ3v) is 2.89. The Morgan fingerprint density at radius 3 is 2.52 bits per heavy atom. The van der Waals surface area contributed by atoms with E-state index in [-0.39, 0.29) is 5.82 Å². The van der Waals surface area contributed by atoms with Gasteiger partial charge in [0.25, 0.3) is 0 Å².